The van der Waals surface area contributed by atoms with E-state index >= 15 is 0 Å². The van der Waals surface area contributed by atoms with Crippen LogP contribution in [0.1, 0.15) is 22.6 Å². The Hall–Kier alpha value is -5.03. The number of hydrogen-bond acceptors (Lipinski definition) is 9. The summed E-state index contributed by atoms with van der Waals surface area (Å²) in [4.78, 5) is 21.8. The van der Waals surface area contributed by atoms with E-state index in [4.69, 9.17) is 28.1 Å². The highest BCUT2D eigenvalue weighted by Gasteiger charge is 2.23. The van der Waals surface area contributed by atoms with Gasteiger partial charge < -0.3 is 32.8 Å². The van der Waals surface area contributed by atoms with Crippen LogP contribution in [0.3, 0.4) is 0 Å². The number of amides is 1. The Bertz CT molecular complexity index is 1690. The summed E-state index contributed by atoms with van der Waals surface area (Å²) < 4.78 is 30.7. The summed E-state index contributed by atoms with van der Waals surface area (Å²) in [5, 5.41) is 4.69. The highest BCUT2D eigenvalue weighted by atomic mass is 16.5. The molecule has 0 radical (unpaired) electrons. The molecule has 1 aliphatic heterocycles. The van der Waals surface area contributed by atoms with Crippen LogP contribution in [0.15, 0.2) is 82.0 Å². The van der Waals surface area contributed by atoms with Gasteiger partial charge in [-0.3, -0.25) is 4.79 Å². The summed E-state index contributed by atoms with van der Waals surface area (Å²) in [6.07, 6.45) is 3.66. The largest absolute Gasteiger partial charge is 0.493 e. The molecular weight excluding hydrogens is 562 g/mol. The molecule has 0 spiro atoms. The van der Waals surface area contributed by atoms with Gasteiger partial charge in [0.15, 0.2) is 17.3 Å². The van der Waals surface area contributed by atoms with Crippen molar-refractivity contribution in [1.82, 2.24) is 24.6 Å². The summed E-state index contributed by atoms with van der Waals surface area (Å²) in [5.74, 6) is 3.22. The molecule has 5 aromatic rings. The zero-order chi connectivity index (χ0) is 30.5. The predicted octanol–water partition coefficient (Wildman–Crippen LogP) is 4.91. The van der Waals surface area contributed by atoms with Crippen LogP contribution in [-0.2, 0) is 24.4 Å². The molecule has 6 rings (SSSR count). The van der Waals surface area contributed by atoms with Crippen LogP contribution in [0.5, 0.6) is 17.4 Å². The van der Waals surface area contributed by atoms with Gasteiger partial charge in [-0.05, 0) is 55.9 Å². The lowest BCUT2D eigenvalue weighted by Crippen LogP contribution is -2.47. The van der Waals surface area contributed by atoms with Gasteiger partial charge in [0.05, 0.1) is 25.5 Å². The summed E-state index contributed by atoms with van der Waals surface area (Å²) in [6, 6.07) is 19.0. The normalized spacial score (nSPS) is 13.7. The van der Waals surface area contributed by atoms with Gasteiger partial charge >= 0.3 is 0 Å². The number of aryl methyl sites for hydroxylation is 1. The number of para-hydroxylation sites is 1. The monoisotopic (exact) mass is 597 g/mol. The number of rotatable bonds is 11. The Labute approximate surface area is 255 Å². The Kier molecular flexibility index (Phi) is 8.64. The highest BCUT2D eigenvalue weighted by molar-refractivity contribution is 5.79. The third-order valence-corrected chi connectivity index (χ3v) is 7.56. The average molecular weight is 598 g/mol. The van der Waals surface area contributed by atoms with E-state index in [0.29, 0.717) is 53.6 Å². The van der Waals surface area contributed by atoms with E-state index in [1.54, 1.807) is 30.2 Å². The van der Waals surface area contributed by atoms with Gasteiger partial charge in [0.2, 0.25) is 11.8 Å². The molecule has 1 saturated heterocycles. The first-order chi connectivity index (χ1) is 21.5. The molecule has 11 nitrogen and oxygen atoms in total. The third-order valence-electron chi connectivity index (χ3n) is 7.56. The lowest BCUT2D eigenvalue weighted by atomic mass is 10.2. The standard InChI is InChI=1S/C33H35N5O6/c1-23-27(34-33(44-23)29-10-7-17-41-29)22-42-28-12-11-24(18-30(28)40-3)21-43-32-25(19-31(39)37-15-13-36(2)14-16-37)20-38(35-32)26-8-5-4-6-9-26/h4-12,17-18,20H,13-16,19,21-22H2,1-3H3. The molecule has 1 aliphatic rings. The van der Waals surface area contributed by atoms with Gasteiger partial charge in [-0.1, -0.05) is 24.3 Å². The Morgan fingerprint density at radius 3 is 2.52 bits per heavy atom. The quantitative estimate of drug-likeness (QED) is 0.210. The van der Waals surface area contributed by atoms with Crippen molar-refractivity contribution in [3.05, 3.63) is 95.7 Å². The van der Waals surface area contributed by atoms with E-state index in [1.807, 2.05) is 66.6 Å². The van der Waals surface area contributed by atoms with Crippen molar-refractivity contribution in [2.75, 3.05) is 40.3 Å². The molecule has 0 N–H and O–H groups in total. The molecule has 1 fully saturated rings. The first-order valence-corrected chi connectivity index (χ1v) is 14.5. The van der Waals surface area contributed by atoms with Crippen LogP contribution < -0.4 is 14.2 Å². The number of aromatic nitrogens is 3. The first kappa shape index (κ1) is 29.1. The van der Waals surface area contributed by atoms with Gasteiger partial charge in [0.1, 0.15) is 24.7 Å². The fraction of sp³-hybridized carbons (Fsp3) is 0.303. The number of carbonyl (C=O) groups is 1. The van der Waals surface area contributed by atoms with Crippen LogP contribution in [0.2, 0.25) is 0 Å². The van der Waals surface area contributed by atoms with Crippen molar-refractivity contribution < 1.29 is 27.8 Å². The highest BCUT2D eigenvalue weighted by Crippen LogP contribution is 2.31. The zero-order valence-electron chi connectivity index (χ0n) is 25.1. The second-order valence-electron chi connectivity index (χ2n) is 10.7. The number of piperazine rings is 1. The minimum absolute atomic E-state index is 0.0670. The van der Waals surface area contributed by atoms with Crippen molar-refractivity contribution in [3.8, 4) is 34.7 Å². The lowest BCUT2D eigenvalue weighted by Gasteiger charge is -2.32. The average Bonchev–Trinajstić information content (AvgIpc) is 3.81. The van der Waals surface area contributed by atoms with E-state index in [0.717, 1.165) is 29.9 Å². The molecule has 0 aliphatic carbocycles. The second-order valence-corrected chi connectivity index (χ2v) is 10.7. The molecule has 0 unspecified atom stereocenters. The predicted molar refractivity (Wildman–Crippen MR) is 162 cm³/mol. The minimum atomic E-state index is 0.0670. The molecule has 3 aromatic heterocycles. The number of oxazole rings is 1. The summed E-state index contributed by atoms with van der Waals surface area (Å²) in [7, 11) is 3.66. The maximum absolute atomic E-state index is 13.2. The number of methoxy groups -OCH3 is 1. The smallest absolute Gasteiger partial charge is 0.263 e. The lowest BCUT2D eigenvalue weighted by molar-refractivity contribution is -0.132. The van der Waals surface area contributed by atoms with Gasteiger partial charge in [-0.25, -0.2) is 9.67 Å². The maximum Gasteiger partial charge on any atom is 0.263 e. The molecule has 11 heteroatoms. The fourth-order valence-corrected chi connectivity index (χ4v) is 4.97. The van der Waals surface area contributed by atoms with Crippen molar-refractivity contribution in [2.45, 2.75) is 26.6 Å². The van der Waals surface area contributed by atoms with Crippen LogP contribution in [0.25, 0.3) is 17.3 Å². The summed E-state index contributed by atoms with van der Waals surface area (Å²) >= 11 is 0. The van der Waals surface area contributed by atoms with Gasteiger partial charge in [0.25, 0.3) is 5.89 Å². The van der Waals surface area contributed by atoms with E-state index in [2.05, 4.69) is 16.9 Å². The Balaban J connectivity index is 1.14. The maximum atomic E-state index is 13.2. The summed E-state index contributed by atoms with van der Waals surface area (Å²) in [6.45, 7) is 5.43. The van der Waals surface area contributed by atoms with E-state index < -0.39 is 0 Å². The Morgan fingerprint density at radius 1 is 0.955 bits per heavy atom. The number of furan rings is 1. The number of likely N-dealkylation sites (N-methyl/N-ethyl adjacent to an activating group) is 1. The van der Waals surface area contributed by atoms with E-state index in [9.17, 15) is 4.79 Å². The van der Waals surface area contributed by atoms with Crippen LogP contribution in [0, 0.1) is 6.92 Å². The molecule has 44 heavy (non-hydrogen) atoms. The Morgan fingerprint density at radius 2 is 1.77 bits per heavy atom. The fourth-order valence-electron chi connectivity index (χ4n) is 4.97. The van der Waals surface area contributed by atoms with Crippen molar-refractivity contribution >= 4 is 5.91 Å². The van der Waals surface area contributed by atoms with Crippen molar-refractivity contribution in [1.29, 1.82) is 0 Å². The second kappa shape index (κ2) is 13.1. The number of carbonyl (C=O) groups excluding carboxylic acids is 1. The number of hydrogen-bond donors (Lipinski definition) is 0. The number of nitrogens with zero attached hydrogens (tertiary/aromatic N) is 5. The molecule has 0 bridgehead atoms. The van der Waals surface area contributed by atoms with Gasteiger partial charge in [-0.15, -0.1) is 5.10 Å². The topological polar surface area (TPSA) is 108 Å². The molecule has 0 saturated carbocycles. The molecule has 2 aromatic carbocycles. The van der Waals surface area contributed by atoms with Gasteiger partial charge in [-0.2, -0.15) is 0 Å². The number of ether oxygens (including phenoxy) is 3. The zero-order valence-corrected chi connectivity index (χ0v) is 25.1. The minimum Gasteiger partial charge on any atom is -0.493 e. The van der Waals surface area contributed by atoms with Crippen molar-refractivity contribution in [3.63, 3.8) is 0 Å². The molecule has 1 amide bonds. The van der Waals surface area contributed by atoms with E-state index in [1.165, 1.54) is 0 Å². The van der Waals surface area contributed by atoms with Gasteiger partial charge in [0, 0.05) is 37.9 Å². The molecule has 228 valence electrons. The number of benzene rings is 2. The first-order valence-electron chi connectivity index (χ1n) is 14.5. The van der Waals surface area contributed by atoms with E-state index in [-0.39, 0.29) is 25.5 Å². The molecular formula is C33H35N5O6. The van der Waals surface area contributed by atoms with Crippen LogP contribution in [-0.4, -0.2) is 70.8 Å². The third kappa shape index (κ3) is 6.63. The molecule has 0 atom stereocenters. The van der Waals surface area contributed by atoms with Crippen LogP contribution >= 0.6 is 0 Å². The SMILES string of the molecule is COc1cc(COc2nn(-c3ccccc3)cc2CC(=O)N2CCN(C)CC2)ccc1OCc1nc(-c2ccco2)oc1C. The van der Waals surface area contributed by atoms with Crippen molar-refractivity contribution in [2.24, 2.45) is 0 Å². The van der Waals surface area contributed by atoms with Crippen LogP contribution in [0.4, 0.5) is 0 Å². The summed E-state index contributed by atoms with van der Waals surface area (Å²) in [5.41, 5.74) is 3.15. The molecule has 4 heterocycles.